The molecule has 3 aromatic heterocycles. The van der Waals surface area contributed by atoms with Crippen molar-refractivity contribution < 1.29 is 9.53 Å². The van der Waals surface area contributed by atoms with Gasteiger partial charge in [0, 0.05) is 37.1 Å². The summed E-state index contributed by atoms with van der Waals surface area (Å²) in [5.74, 6) is 0.516. The summed E-state index contributed by atoms with van der Waals surface area (Å²) in [6.07, 6.45) is 7.53. The van der Waals surface area contributed by atoms with E-state index in [1.54, 1.807) is 24.1 Å². The number of hydrogen-bond acceptors (Lipinski definition) is 4. The zero-order valence-corrected chi connectivity index (χ0v) is 14.0. The Hall–Kier alpha value is -3.09. The number of likely N-dealkylation sites (tertiary alicyclic amines) is 1. The lowest BCUT2D eigenvalue weighted by Gasteiger charge is -2.12. The molecule has 7 heteroatoms. The van der Waals surface area contributed by atoms with Gasteiger partial charge in [0.15, 0.2) is 5.69 Å². The van der Waals surface area contributed by atoms with Gasteiger partial charge < -0.3 is 14.6 Å². The summed E-state index contributed by atoms with van der Waals surface area (Å²) in [6.45, 7) is 1.60. The molecule has 1 fully saturated rings. The largest absolute Gasteiger partial charge is 0.481 e. The lowest BCUT2D eigenvalue weighted by molar-refractivity contribution is 0.0786. The molecule has 128 valence electrons. The molecule has 0 radical (unpaired) electrons. The summed E-state index contributed by atoms with van der Waals surface area (Å²) in [4.78, 5) is 21.9. The molecule has 4 heterocycles. The molecule has 25 heavy (non-hydrogen) atoms. The number of aromatic nitrogens is 4. The number of carbonyl (C=O) groups is 1. The van der Waals surface area contributed by atoms with Gasteiger partial charge in [0.25, 0.3) is 5.91 Å². The highest BCUT2D eigenvalue weighted by Gasteiger charge is 2.24. The zero-order valence-electron chi connectivity index (χ0n) is 14.0. The van der Waals surface area contributed by atoms with E-state index in [0.29, 0.717) is 11.6 Å². The van der Waals surface area contributed by atoms with Gasteiger partial charge in [-0.25, -0.2) is 9.67 Å². The minimum Gasteiger partial charge on any atom is -0.481 e. The topological polar surface area (TPSA) is 76.0 Å². The predicted octanol–water partition coefficient (Wildman–Crippen LogP) is 2.51. The van der Waals surface area contributed by atoms with Gasteiger partial charge in [-0.3, -0.25) is 4.79 Å². The van der Waals surface area contributed by atoms with Crippen LogP contribution < -0.4 is 4.74 Å². The van der Waals surface area contributed by atoms with Crippen LogP contribution >= 0.6 is 0 Å². The number of rotatable bonds is 4. The van der Waals surface area contributed by atoms with Crippen molar-refractivity contribution >= 4 is 5.91 Å². The van der Waals surface area contributed by atoms with Crippen molar-refractivity contribution in [3.8, 4) is 22.8 Å². The molecule has 0 aromatic carbocycles. The lowest BCUT2D eigenvalue weighted by Crippen LogP contribution is -2.28. The maximum Gasteiger partial charge on any atom is 0.274 e. The molecule has 1 saturated heterocycles. The molecule has 0 bridgehead atoms. The number of nitrogens with one attached hydrogen (secondary N) is 1. The summed E-state index contributed by atoms with van der Waals surface area (Å²) in [5, 5.41) is 4.57. The molecule has 1 amide bonds. The Morgan fingerprint density at radius 2 is 2.08 bits per heavy atom. The van der Waals surface area contributed by atoms with Crippen molar-refractivity contribution in [1.82, 2.24) is 24.6 Å². The number of carbonyl (C=O) groups excluding carboxylic acids is 1. The third-order valence-corrected chi connectivity index (χ3v) is 4.39. The first-order valence-electron chi connectivity index (χ1n) is 8.29. The molecule has 0 aliphatic carbocycles. The monoisotopic (exact) mass is 337 g/mol. The standard InChI is InChI=1S/C18H19N5O2/c1-25-17-5-4-14(12-20-17)23-16(13-6-7-19-11-13)10-15(21-23)18(24)22-8-2-3-9-22/h4-7,10-12,19H,2-3,8-9H2,1H3. The van der Waals surface area contributed by atoms with Crippen LogP contribution in [0.25, 0.3) is 16.9 Å². The molecule has 0 saturated carbocycles. The van der Waals surface area contributed by atoms with Gasteiger partial charge in [0.05, 0.1) is 24.7 Å². The van der Waals surface area contributed by atoms with Crippen LogP contribution in [0.1, 0.15) is 23.3 Å². The highest BCUT2D eigenvalue weighted by atomic mass is 16.5. The number of ether oxygens (including phenoxy) is 1. The molecular formula is C18H19N5O2. The fourth-order valence-electron chi connectivity index (χ4n) is 3.07. The van der Waals surface area contributed by atoms with Crippen LogP contribution in [-0.4, -0.2) is 50.8 Å². The van der Waals surface area contributed by atoms with Crippen molar-refractivity contribution in [2.45, 2.75) is 12.8 Å². The molecule has 0 spiro atoms. The molecule has 1 aliphatic rings. The summed E-state index contributed by atoms with van der Waals surface area (Å²) in [6, 6.07) is 7.45. The Labute approximate surface area is 145 Å². The summed E-state index contributed by atoms with van der Waals surface area (Å²) < 4.78 is 6.86. The number of H-pyrrole nitrogens is 1. The van der Waals surface area contributed by atoms with Gasteiger partial charge in [-0.05, 0) is 31.0 Å². The maximum absolute atomic E-state index is 12.7. The van der Waals surface area contributed by atoms with Crippen molar-refractivity contribution in [3.05, 3.63) is 48.5 Å². The molecule has 7 nitrogen and oxygen atoms in total. The summed E-state index contributed by atoms with van der Waals surface area (Å²) in [5.41, 5.74) is 3.03. The van der Waals surface area contributed by atoms with Crippen LogP contribution in [0, 0.1) is 0 Å². The maximum atomic E-state index is 12.7. The van der Waals surface area contributed by atoms with Crippen LogP contribution in [-0.2, 0) is 0 Å². The molecule has 0 unspecified atom stereocenters. The van der Waals surface area contributed by atoms with E-state index >= 15 is 0 Å². The highest BCUT2D eigenvalue weighted by molar-refractivity contribution is 5.93. The van der Waals surface area contributed by atoms with E-state index in [2.05, 4.69) is 15.1 Å². The normalized spacial score (nSPS) is 14.0. The number of aromatic amines is 1. The van der Waals surface area contributed by atoms with E-state index in [4.69, 9.17) is 4.74 Å². The average molecular weight is 337 g/mol. The van der Waals surface area contributed by atoms with Gasteiger partial charge in [-0.1, -0.05) is 0 Å². The number of amides is 1. The summed E-state index contributed by atoms with van der Waals surface area (Å²) >= 11 is 0. The van der Waals surface area contributed by atoms with Crippen LogP contribution in [0.15, 0.2) is 42.9 Å². The Morgan fingerprint density at radius 1 is 1.24 bits per heavy atom. The van der Waals surface area contributed by atoms with Crippen LogP contribution in [0.4, 0.5) is 0 Å². The summed E-state index contributed by atoms with van der Waals surface area (Å²) in [7, 11) is 1.58. The second-order valence-electron chi connectivity index (χ2n) is 5.98. The van der Waals surface area contributed by atoms with E-state index in [-0.39, 0.29) is 5.91 Å². The van der Waals surface area contributed by atoms with Crippen molar-refractivity contribution in [2.24, 2.45) is 0 Å². The molecule has 0 atom stereocenters. The van der Waals surface area contributed by atoms with E-state index in [9.17, 15) is 4.79 Å². The quantitative estimate of drug-likeness (QED) is 0.794. The van der Waals surface area contributed by atoms with Crippen LogP contribution in [0.5, 0.6) is 5.88 Å². The van der Waals surface area contributed by atoms with E-state index < -0.39 is 0 Å². The van der Waals surface area contributed by atoms with Gasteiger partial charge in [0.1, 0.15) is 0 Å². The Morgan fingerprint density at radius 3 is 2.72 bits per heavy atom. The van der Waals surface area contributed by atoms with Crippen molar-refractivity contribution in [1.29, 1.82) is 0 Å². The fourth-order valence-corrected chi connectivity index (χ4v) is 3.07. The first kappa shape index (κ1) is 15.4. The number of nitrogens with zero attached hydrogens (tertiary/aromatic N) is 4. The van der Waals surface area contributed by atoms with Gasteiger partial charge in [0.2, 0.25) is 5.88 Å². The minimum absolute atomic E-state index is 0.0190. The third-order valence-electron chi connectivity index (χ3n) is 4.39. The predicted molar refractivity (Wildman–Crippen MR) is 92.8 cm³/mol. The molecule has 1 N–H and O–H groups in total. The zero-order chi connectivity index (χ0) is 17.2. The van der Waals surface area contributed by atoms with Crippen LogP contribution in [0.2, 0.25) is 0 Å². The number of pyridine rings is 1. The SMILES string of the molecule is COc1ccc(-n2nc(C(=O)N3CCCC3)cc2-c2cc[nH]c2)cn1. The third kappa shape index (κ3) is 2.88. The van der Waals surface area contributed by atoms with Crippen molar-refractivity contribution in [2.75, 3.05) is 20.2 Å². The van der Waals surface area contributed by atoms with E-state index in [1.165, 1.54) is 0 Å². The Balaban J connectivity index is 1.76. The van der Waals surface area contributed by atoms with Gasteiger partial charge in [-0.2, -0.15) is 5.10 Å². The second kappa shape index (κ2) is 6.43. The van der Waals surface area contributed by atoms with Crippen molar-refractivity contribution in [3.63, 3.8) is 0 Å². The smallest absolute Gasteiger partial charge is 0.274 e. The van der Waals surface area contributed by atoms with Gasteiger partial charge in [-0.15, -0.1) is 0 Å². The lowest BCUT2D eigenvalue weighted by atomic mass is 10.2. The fraction of sp³-hybridized carbons (Fsp3) is 0.278. The highest BCUT2D eigenvalue weighted by Crippen LogP contribution is 2.25. The average Bonchev–Trinajstić information content (AvgIpc) is 3.42. The Bertz CT molecular complexity index is 862. The van der Waals surface area contributed by atoms with E-state index in [0.717, 1.165) is 42.9 Å². The second-order valence-corrected chi connectivity index (χ2v) is 5.98. The van der Waals surface area contributed by atoms with Crippen LogP contribution in [0.3, 0.4) is 0 Å². The molecule has 3 aromatic rings. The number of methoxy groups -OCH3 is 1. The van der Waals surface area contributed by atoms with E-state index in [1.807, 2.05) is 35.5 Å². The number of hydrogen-bond donors (Lipinski definition) is 1. The molecular weight excluding hydrogens is 318 g/mol. The first-order valence-corrected chi connectivity index (χ1v) is 8.29. The minimum atomic E-state index is -0.0190. The van der Waals surface area contributed by atoms with Gasteiger partial charge >= 0.3 is 0 Å². The molecule has 1 aliphatic heterocycles. The molecule has 4 rings (SSSR count). The Kier molecular flexibility index (Phi) is 3.97. The first-order chi connectivity index (χ1) is 12.3.